The van der Waals surface area contributed by atoms with Crippen LogP contribution in [0, 0.1) is 19.7 Å². The van der Waals surface area contributed by atoms with Gasteiger partial charge in [-0.05, 0) is 56.0 Å². The number of aryl methyl sites for hydroxylation is 2. The quantitative estimate of drug-likeness (QED) is 0.826. The first-order valence-corrected chi connectivity index (χ1v) is 7.68. The van der Waals surface area contributed by atoms with Crippen LogP contribution in [0.5, 0.6) is 0 Å². The number of hydrogen-bond acceptors (Lipinski definition) is 1. The lowest BCUT2D eigenvalue weighted by molar-refractivity contribution is 0.0728. The van der Waals surface area contributed by atoms with Gasteiger partial charge >= 0.3 is 0 Å². The molecule has 1 amide bonds. The van der Waals surface area contributed by atoms with Gasteiger partial charge in [0.1, 0.15) is 5.82 Å². The average molecular weight is 297 g/mol. The van der Waals surface area contributed by atoms with Crippen molar-refractivity contribution in [2.24, 2.45) is 0 Å². The zero-order chi connectivity index (χ0) is 15.7. The van der Waals surface area contributed by atoms with E-state index in [1.165, 1.54) is 11.6 Å². The smallest absolute Gasteiger partial charge is 0.254 e. The number of hydrogen-bond donors (Lipinski definition) is 0. The fraction of sp³-hybridized carbons (Fsp3) is 0.316. The number of rotatable bonds is 4. The second-order valence-corrected chi connectivity index (χ2v) is 6.05. The molecule has 22 heavy (non-hydrogen) atoms. The van der Waals surface area contributed by atoms with Gasteiger partial charge in [-0.15, -0.1) is 0 Å². The van der Waals surface area contributed by atoms with Gasteiger partial charge in [0, 0.05) is 23.7 Å². The average Bonchev–Trinajstić information content (AvgIpc) is 3.33. The predicted octanol–water partition coefficient (Wildman–Crippen LogP) is 4.25. The van der Waals surface area contributed by atoms with Crippen LogP contribution < -0.4 is 0 Å². The highest BCUT2D eigenvalue weighted by atomic mass is 19.1. The van der Waals surface area contributed by atoms with Crippen molar-refractivity contribution in [1.29, 1.82) is 0 Å². The van der Waals surface area contributed by atoms with Gasteiger partial charge in [0.15, 0.2) is 0 Å². The Morgan fingerprint density at radius 2 is 1.86 bits per heavy atom. The molecule has 2 nitrogen and oxygen atoms in total. The molecule has 0 spiro atoms. The maximum atomic E-state index is 13.9. The third-order valence-corrected chi connectivity index (χ3v) is 4.30. The standard InChI is InChI=1S/C19H20FNO/c1-13-7-8-15(11-14(13)2)19(22)21(17-9-10-17)12-16-5-3-4-6-18(16)20/h3-8,11,17H,9-10,12H2,1-2H3. The zero-order valence-corrected chi connectivity index (χ0v) is 13.0. The van der Waals surface area contributed by atoms with E-state index in [1.54, 1.807) is 12.1 Å². The first kappa shape index (κ1) is 14.8. The van der Waals surface area contributed by atoms with E-state index in [2.05, 4.69) is 0 Å². The van der Waals surface area contributed by atoms with Crippen molar-refractivity contribution in [2.45, 2.75) is 39.3 Å². The number of amides is 1. The Balaban J connectivity index is 1.86. The summed E-state index contributed by atoms with van der Waals surface area (Å²) in [4.78, 5) is 14.6. The van der Waals surface area contributed by atoms with Crippen LogP contribution in [-0.2, 0) is 6.54 Å². The van der Waals surface area contributed by atoms with Crippen molar-refractivity contribution in [3.8, 4) is 0 Å². The molecular formula is C19H20FNO. The SMILES string of the molecule is Cc1ccc(C(=O)N(Cc2ccccc2F)C2CC2)cc1C. The highest BCUT2D eigenvalue weighted by molar-refractivity contribution is 5.94. The first-order chi connectivity index (χ1) is 10.6. The zero-order valence-electron chi connectivity index (χ0n) is 13.0. The van der Waals surface area contributed by atoms with Crippen LogP contribution in [-0.4, -0.2) is 16.8 Å². The van der Waals surface area contributed by atoms with Crippen LogP contribution in [0.3, 0.4) is 0 Å². The molecule has 2 aromatic carbocycles. The van der Waals surface area contributed by atoms with Crippen LogP contribution in [0.1, 0.15) is 39.9 Å². The van der Waals surface area contributed by atoms with Crippen LogP contribution >= 0.6 is 0 Å². The summed E-state index contributed by atoms with van der Waals surface area (Å²) in [5.74, 6) is -0.255. The van der Waals surface area contributed by atoms with Crippen molar-refractivity contribution in [2.75, 3.05) is 0 Å². The fourth-order valence-corrected chi connectivity index (χ4v) is 2.60. The molecule has 2 aromatic rings. The van der Waals surface area contributed by atoms with Gasteiger partial charge in [-0.25, -0.2) is 4.39 Å². The lowest BCUT2D eigenvalue weighted by Crippen LogP contribution is -2.33. The third-order valence-electron chi connectivity index (χ3n) is 4.30. The lowest BCUT2D eigenvalue weighted by Gasteiger charge is -2.23. The maximum absolute atomic E-state index is 13.9. The van der Waals surface area contributed by atoms with Crippen LogP contribution in [0.25, 0.3) is 0 Å². The summed E-state index contributed by atoms with van der Waals surface area (Å²) in [6, 6.07) is 12.7. The minimum atomic E-state index is -0.249. The third kappa shape index (κ3) is 3.03. The Bertz CT molecular complexity index is 706. The number of halogens is 1. The van der Waals surface area contributed by atoms with Gasteiger partial charge in [0.05, 0.1) is 0 Å². The molecule has 1 aliphatic carbocycles. The van der Waals surface area contributed by atoms with Gasteiger partial charge in [-0.3, -0.25) is 4.79 Å². The van der Waals surface area contributed by atoms with Gasteiger partial charge in [-0.1, -0.05) is 24.3 Å². The normalized spacial score (nSPS) is 14.0. The predicted molar refractivity (Wildman–Crippen MR) is 85.2 cm³/mol. The molecule has 0 bridgehead atoms. The largest absolute Gasteiger partial charge is 0.331 e. The molecule has 0 radical (unpaired) electrons. The van der Waals surface area contributed by atoms with Crippen LogP contribution in [0.4, 0.5) is 4.39 Å². The molecule has 1 aliphatic rings. The molecule has 1 fully saturated rings. The second-order valence-electron chi connectivity index (χ2n) is 6.05. The maximum Gasteiger partial charge on any atom is 0.254 e. The van der Waals surface area contributed by atoms with E-state index in [-0.39, 0.29) is 17.8 Å². The Hall–Kier alpha value is -2.16. The molecule has 1 saturated carbocycles. The highest BCUT2D eigenvalue weighted by Gasteiger charge is 2.33. The van der Waals surface area contributed by atoms with Crippen molar-refractivity contribution in [3.63, 3.8) is 0 Å². The fourth-order valence-electron chi connectivity index (χ4n) is 2.60. The van der Waals surface area contributed by atoms with E-state index in [0.29, 0.717) is 17.7 Å². The molecule has 114 valence electrons. The molecule has 0 aromatic heterocycles. The molecule has 0 unspecified atom stereocenters. The summed E-state index contributed by atoms with van der Waals surface area (Å²) < 4.78 is 13.9. The Morgan fingerprint density at radius 1 is 1.14 bits per heavy atom. The second kappa shape index (κ2) is 5.91. The van der Waals surface area contributed by atoms with Crippen molar-refractivity contribution in [3.05, 3.63) is 70.5 Å². The van der Waals surface area contributed by atoms with Crippen molar-refractivity contribution in [1.82, 2.24) is 4.90 Å². The number of carbonyl (C=O) groups excluding carboxylic acids is 1. The van der Waals surface area contributed by atoms with E-state index >= 15 is 0 Å². The van der Waals surface area contributed by atoms with E-state index in [4.69, 9.17) is 0 Å². The van der Waals surface area contributed by atoms with Gasteiger partial charge in [0.2, 0.25) is 0 Å². The van der Waals surface area contributed by atoms with Crippen molar-refractivity contribution < 1.29 is 9.18 Å². The Kier molecular flexibility index (Phi) is 3.97. The highest BCUT2D eigenvalue weighted by Crippen LogP contribution is 2.30. The lowest BCUT2D eigenvalue weighted by atomic mass is 10.1. The van der Waals surface area contributed by atoms with Gasteiger partial charge in [-0.2, -0.15) is 0 Å². The minimum Gasteiger partial charge on any atom is -0.331 e. The molecule has 0 aliphatic heterocycles. The number of benzene rings is 2. The molecule has 3 heteroatoms. The number of nitrogens with zero attached hydrogens (tertiary/aromatic N) is 1. The summed E-state index contributed by atoms with van der Waals surface area (Å²) in [6.45, 7) is 4.37. The van der Waals surface area contributed by atoms with Crippen molar-refractivity contribution >= 4 is 5.91 Å². The van der Waals surface area contributed by atoms with E-state index < -0.39 is 0 Å². The molecule has 0 atom stereocenters. The minimum absolute atomic E-state index is 0.00569. The summed E-state index contributed by atoms with van der Waals surface area (Å²) in [6.07, 6.45) is 2.01. The number of carbonyl (C=O) groups is 1. The summed E-state index contributed by atoms with van der Waals surface area (Å²) in [5.41, 5.74) is 3.54. The molecule has 0 N–H and O–H groups in total. The monoisotopic (exact) mass is 297 g/mol. The molecule has 0 heterocycles. The van der Waals surface area contributed by atoms with Gasteiger partial charge in [0.25, 0.3) is 5.91 Å². The molecule has 3 rings (SSSR count). The van der Waals surface area contributed by atoms with Crippen LogP contribution in [0.15, 0.2) is 42.5 Å². The van der Waals surface area contributed by atoms with E-state index in [1.807, 2.05) is 43.0 Å². The van der Waals surface area contributed by atoms with Gasteiger partial charge < -0.3 is 4.90 Å². The Morgan fingerprint density at radius 3 is 2.50 bits per heavy atom. The summed E-state index contributed by atoms with van der Waals surface area (Å²) >= 11 is 0. The topological polar surface area (TPSA) is 20.3 Å². The molecular weight excluding hydrogens is 277 g/mol. The first-order valence-electron chi connectivity index (χ1n) is 7.68. The summed E-state index contributed by atoms with van der Waals surface area (Å²) in [7, 11) is 0. The summed E-state index contributed by atoms with van der Waals surface area (Å²) in [5, 5.41) is 0. The van der Waals surface area contributed by atoms with E-state index in [9.17, 15) is 9.18 Å². The molecule has 0 saturated heterocycles. The van der Waals surface area contributed by atoms with E-state index in [0.717, 1.165) is 18.4 Å². The van der Waals surface area contributed by atoms with Crippen LogP contribution in [0.2, 0.25) is 0 Å². The Labute approximate surface area is 130 Å².